The molecule has 1 aromatic heterocycles. The highest BCUT2D eigenvalue weighted by molar-refractivity contribution is 5.80. The fourth-order valence-electron chi connectivity index (χ4n) is 2.03. The molecule has 0 saturated carbocycles. The van der Waals surface area contributed by atoms with Gasteiger partial charge < -0.3 is 19.9 Å². The molecule has 0 radical (unpaired) electrons. The Morgan fingerprint density at radius 1 is 1.58 bits per heavy atom. The van der Waals surface area contributed by atoms with Crippen LogP contribution in [0.2, 0.25) is 0 Å². The Labute approximate surface area is 111 Å². The summed E-state index contributed by atoms with van der Waals surface area (Å²) < 4.78 is 1.95. The van der Waals surface area contributed by atoms with Gasteiger partial charge in [-0.3, -0.25) is 4.79 Å². The topological polar surface area (TPSA) is 70.4 Å². The van der Waals surface area contributed by atoms with E-state index in [1.54, 1.807) is 13.4 Å². The van der Waals surface area contributed by atoms with Gasteiger partial charge in [0, 0.05) is 26.3 Å². The van der Waals surface area contributed by atoms with E-state index in [1.807, 2.05) is 41.8 Å². The quantitative estimate of drug-likeness (QED) is 0.829. The van der Waals surface area contributed by atoms with Crippen molar-refractivity contribution in [3.05, 3.63) is 24.5 Å². The van der Waals surface area contributed by atoms with Gasteiger partial charge in [-0.2, -0.15) is 0 Å². The van der Waals surface area contributed by atoms with Crippen molar-refractivity contribution in [1.82, 2.24) is 14.9 Å². The van der Waals surface area contributed by atoms with Crippen molar-refractivity contribution in [3.63, 3.8) is 0 Å². The first kappa shape index (κ1) is 13.4. The number of hydrogen-bond donors (Lipinski definition) is 2. The number of aromatic nitrogens is 2. The Morgan fingerprint density at radius 2 is 2.32 bits per heavy atom. The standard InChI is InChI=1S/C13H18N4O2/c1-14-11(13(18)19)7-16(2)9-4-5-12-10(6-9)15-8-17(12)3/h4-6,8,11,14H,7H2,1-3H3,(H,18,19). The molecule has 19 heavy (non-hydrogen) atoms. The number of nitrogens with zero attached hydrogens (tertiary/aromatic N) is 3. The second-order valence-electron chi connectivity index (χ2n) is 4.59. The molecule has 6 heteroatoms. The van der Waals surface area contributed by atoms with Crippen molar-refractivity contribution in [2.24, 2.45) is 7.05 Å². The predicted molar refractivity (Wildman–Crippen MR) is 74.5 cm³/mol. The highest BCUT2D eigenvalue weighted by Gasteiger charge is 2.17. The van der Waals surface area contributed by atoms with Gasteiger partial charge in [0.1, 0.15) is 6.04 Å². The van der Waals surface area contributed by atoms with E-state index < -0.39 is 12.0 Å². The van der Waals surface area contributed by atoms with Crippen LogP contribution >= 0.6 is 0 Å². The summed E-state index contributed by atoms with van der Waals surface area (Å²) in [5.41, 5.74) is 2.91. The summed E-state index contributed by atoms with van der Waals surface area (Å²) in [6.45, 7) is 0.393. The SMILES string of the molecule is CNC(CN(C)c1ccc2c(c1)ncn2C)C(=O)O. The summed E-state index contributed by atoms with van der Waals surface area (Å²) in [5.74, 6) is -0.853. The maximum Gasteiger partial charge on any atom is 0.322 e. The van der Waals surface area contributed by atoms with Gasteiger partial charge in [-0.05, 0) is 25.2 Å². The Hall–Kier alpha value is -2.08. The smallest absolute Gasteiger partial charge is 0.322 e. The highest BCUT2D eigenvalue weighted by Crippen LogP contribution is 2.20. The molecule has 2 rings (SSSR count). The van der Waals surface area contributed by atoms with Crippen LogP contribution in [0.25, 0.3) is 11.0 Å². The van der Waals surface area contributed by atoms with Gasteiger partial charge in [0.15, 0.2) is 0 Å². The number of rotatable bonds is 5. The van der Waals surface area contributed by atoms with Crippen molar-refractivity contribution in [3.8, 4) is 0 Å². The molecule has 1 unspecified atom stereocenters. The van der Waals surface area contributed by atoms with Crippen LogP contribution in [0.5, 0.6) is 0 Å². The first-order valence-corrected chi connectivity index (χ1v) is 6.05. The molecule has 1 atom stereocenters. The highest BCUT2D eigenvalue weighted by atomic mass is 16.4. The zero-order valence-corrected chi connectivity index (χ0v) is 11.3. The van der Waals surface area contributed by atoms with Crippen LogP contribution in [0.15, 0.2) is 24.5 Å². The minimum atomic E-state index is -0.853. The molecule has 2 N–H and O–H groups in total. The normalized spacial score (nSPS) is 12.6. The lowest BCUT2D eigenvalue weighted by atomic mass is 10.2. The first-order chi connectivity index (χ1) is 9.02. The summed E-state index contributed by atoms with van der Waals surface area (Å²) in [6, 6.07) is 5.33. The first-order valence-electron chi connectivity index (χ1n) is 6.05. The third kappa shape index (κ3) is 2.68. The predicted octanol–water partition coefficient (Wildman–Crippen LogP) is 0.682. The fraction of sp³-hybridized carbons (Fsp3) is 0.385. The molecule has 6 nitrogen and oxygen atoms in total. The van der Waals surface area contributed by atoms with Gasteiger partial charge in [-0.25, -0.2) is 4.98 Å². The van der Waals surface area contributed by atoms with E-state index in [0.717, 1.165) is 16.7 Å². The number of aryl methyl sites for hydroxylation is 1. The minimum absolute atomic E-state index is 0.393. The van der Waals surface area contributed by atoms with Crippen LogP contribution in [0, 0.1) is 0 Å². The fourth-order valence-corrected chi connectivity index (χ4v) is 2.03. The maximum absolute atomic E-state index is 11.0. The molecule has 2 aromatic rings. The molecule has 1 aromatic carbocycles. The van der Waals surface area contributed by atoms with E-state index in [1.165, 1.54) is 0 Å². The number of carboxylic acid groups (broad SMARTS) is 1. The van der Waals surface area contributed by atoms with Gasteiger partial charge >= 0.3 is 5.97 Å². The number of hydrogen-bond acceptors (Lipinski definition) is 4. The Kier molecular flexibility index (Phi) is 3.71. The zero-order valence-electron chi connectivity index (χ0n) is 11.3. The van der Waals surface area contributed by atoms with Crippen molar-refractivity contribution >= 4 is 22.7 Å². The molecule has 0 bridgehead atoms. The third-order valence-electron chi connectivity index (χ3n) is 3.25. The number of carbonyl (C=O) groups is 1. The lowest BCUT2D eigenvalue weighted by Gasteiger charge is -2.23. The van der Waals surface area contributed by atoms with Crippen LogP contribution in [0.1, 0.15) is 0 Å². The van der Waals surface area contributed by atoms with Crippen molar-refractivity contribution in [2.45, 2.75) is 6.04 Å². The van der Waals surface area contributed by atoms with Crippen molar-refractivity contribution in [2.75, 3.05) is 25.5 Å². The maximum atomic E-state index is 11.0. The van der Waals surface area contributed by atoms with Crippen LogP contribution in [-0.2, 0) is 11.8 Å². The van der Waals surface area contributed by atoms with E-state index >= 15 is 0 Å². The average molecular weight is 262 g/mol. The number of aliphatic carboxylic acids is 1. The van der Waals surface area contributed by atoms with Crippen molar-refractivity contribution in [1.29, 1.82) is 0 Å². The molecule has 0 aliphatic rings. The molecule has 0 spiro atoms. The minimum Gasteiger partial charge on any atom is -0.480 e. The van der Waals surface area contributed by atoms with E-state index in [4.69, 9.17) is 5.11 Å². The largest absolute Gasteiger partial charge is 0.480 e. The van der Waals surface area contributed by atoms with Crippen molar-refractivity contribution < 1.29 is 9.90 Å². The zero-order chi connectivity index (χ0) is 14.0. The molecular weight excluding hydrogens is 244 g/mol. The van der Waals surface area contributed by atoms with Gasteiger partial charge in [-0.1, -0.05) is 0 Å². The number of nitrogens with one attached hydrogen (secondary N) is 1. The molecule has 0 fully saturated rings. The number of benzene rings is 1. The van der Waals surface area contributed by atoms with E-state index in [2.05, 4.69) is 10.3 Å². The van der Waals surface area contributed by atoms with Gasteiger partial charge in [0.2, 0.25) is 0 Å². The summed E-state index contributed by atoms with van der Waals surface area (Å²) in [6.07, 6.45) is 1.77. The molecule has 0 aliphatic carbocycles. The Morgan fingerprint density at radius 3 is 2.95 bits per heavy atom. The van der Waals surface area contributed by atoms with Gasteiger partial charge in [0.05, 0.1) is 17.4 Å². The number of carboxylic acids is 1. The summed E-state index contributed by atoms with van der Waals surface area (Å²) in [4.78, 5) is 17.2. The van der Waals surface area contributed by atoms with E-state index in [-0.39, 0.29) is 0 Å². The number of fused-ring (bicyclic) bond motifs is 1. The molecule has 102 valence electrons. The van der Waals surface area contributed by atoms with Crippen LogP contribution in [0.3, 0.4) is 0 Å². The van der Waals surface area contributed by atoms with Crippen LogP contribution in [-0.4, -0.2) is 47.3 Å². The molecule has 1 heterocycles. The second-order valence-corrected chi connectivity index (χ2v) is 4.59. The molecule has 0 aliphatic heterocycles. The van der Waals surface area contributed by atoms with Gasteiger partial charge in [0.25, 0.3) is 0 Å². The van der Waals surface area contributed by atoms with E-state index in [9.17, 15) is 4.79 Å². The number of anilines is 1. The number of likely N-dealkylation sites (N-methyl/N-ethyl adjacent to an activating group) is 2. The summed E-state index contributed by atoms with van der Waals surface area (Å²) in [5, 5.41) is 11.8. The lowest BCUT2D eigenvalue weighted by molar-refractivity contribution is -0.139. The third-order valence-corrected chi connectivity index (χ3v) is 3.25. The Balaban J connectivity index is 2.21. The number of imidazole rings is 1. The van der Waals surface area contributed by atoms with Crippen LogP contribution in [0.4, 0.5) is 5.69 Å². The molecular formula is C13H18N4O2. The summed E-state index contributed by atoms with van der Waals surface area (Å²) >= 11 is 0. The molecule has 0 saturated heterocycles. The second kappa shape index (κ2) is 5.27. The Bertz CT molecular complexity index is 593. The summed E-state index contributed by atoms with van der Waals surface area (Å²) in [7, 11) is 5.46. The van der Waals surface area contributed by atoms with Crippen LogP contribution < -0.4 is 10.2 Å². The average Bonchev–Trinajstić information content (AvgIpc) is 2.76. The molecule has 0 amide bonds. The van der Waals surface area contributed by atoms with Gasteiger partial charge in [-0.15, -0.1) is 0 Å². The monoisotopic (exact) mass is 262 g/mol. The lowest BCUT2D eigenvalue weighted by Crippen LogP contribution is -2.43. The van der Waals surface area contributed by atoms with E-state index in [0.29, 0.717) is 6.54 Å².